The van der Waals surface area contributed by atoms with Crippen molar-refractivity contribution in [1.82, 2.24) is 10.6 Å². The van der Waals surface area contributed by atoms with Crippen LogP contribution in [0.4, 0.5) is 0 Å². The zero-order valence-corrected chi connectivity index (χ0v) is 11.5. The predicted octanol–water partition coefficient (Wildman–Crippen LogP) is 2.10. The van der Waals surface area contributed by atoms with Gasteiger partial charge in [0.25, 0.3) is 5.91 Å². The molecule has 1 amide bonds. The lowest BCUT2D eigenvalue weighted by atomic mass is 10.2. The average Bonchev–Trinajstić information content (AvgIpc) is 2.39. The van der Waals surface area contributed by atoms with E-state index >= 15 is 0 Å². The Bertz CT molecular complexity index is 404. The van der Waals surface area contributed by atoms with E-state index in [1.54, 1.807) is 31.4 Å². The van der Waals surface area contributed by atoms with Crippen molar-refractivity contribution in [3.63, 3.8) is 0 Å². The third-order valence-electron chi connectivity index (χ3n) is 2.40. The second-order valence-electron chi connectivity index (χ2n) is 3.79. The summed E-state index contributed by atoms with van der Waals surface area (Å²) >= 11 is 5.02. The van der Waals surface area contributed by atoms with Gasteiger partial charge in [0, 0.05) is 12.1 Å². The summed E-state index contributed by atoms with van der Waals surface area (Å²) in [6.45, 7) is 2.87. The number of hydrogen-bond acceptors (Lipinski definition) is 3. The highest BCUT2D eigenvalue weighted by atomic mass is 32.1. The van der Waals surface area contributed by atoms with Crippen LogP contribution in [0.3, 0.4) is 0 Å². The van der Waals surface area contributed by atoms with Gasteiger partial charge in [-0.15, -0.1) is 0 Å². The van der Waals surface area contributed by atoms with Gasteiger partial charge in [-0.25, -0.2) is 0 Å². The highest BCUT2D eigenvalue weighted by Gasteiger charge is 2.07. The summed E-state index contributed by atoms with van der Waals surface area (Å²) in [6, 6.07) is 6.87. The molecule has 0 aromatic heterocycles. The maximum Gasteiger partial charge on any atom is 0.257 e. The molecular weight excluding hydrogens is 248 g/mol. The summed E-state index contributed by atoms with van der Waals surface area (Å²) < 4.78 is 5.03. The SMILES string of the molecule is CCCCNC(=S)NC(=O)c1ccc(OC)cc1. The summed E-state index contributed by atoms with van der Waals surface area (Å²) in [5.41, 5.74) is 0.551. The Morgan fingerprint density at radius 3 is 2.56 bits per heavy atom. The van der Waals surface area contributed by atoms with Crippen molar-refractivity contribution in [3.05, 3.63) is 29.8 Å². The van der Waals surface area contributed by atoms with Crippen molar-refractivity contribution in [2.45, 2.75) is 19.8 Å². The normalized spacial score (nSPS) is 9.67. The van der Waals surface area contributed by atoms with E-state index in [0.717, 1.165) is 25.1 Å². The highest BCUT2D eigenvalue weighted by Crippen LogP contribution is 2.10. The van der Waals surface area contributed by atoms with Gasteiger partial charge in [0.2, 0.25) is 0 Å². The first-order valence-electron chi connectivity index (χ1n) is 5.90. The molecule has 0 aliphatic heterocycles. The molecule has 2 N–H and O–H groups in total. The molecular formula is C13H18N2O2S. The number of methoxy groups -OCH3 is 1. The first kappa shape index (κ1) is 14.4. The number of unbranched alkanes of at least 4 members (excludes halogenated alkanes) is 1. The molecule has 18 heavy (non-hydrogen) atoms. The van der Waals surface area contributed by atoms with E-state index in [1.165, 1.54) is 0 Å². The van der Waals surface area contributed by atoms with Gasteiger partial charge in [0.1, 0.15) is 5.75 Å². The minimum Gasteiger partial charge on any atom is -0.497 e. The van der Waals surface area contributed by atoms with Crippen molar-refractivity contribution in [2.75, 3.05) is 13.7 Å². The van der Waals surface area contributed by atoms with Gasteiger partial charge < -0.3 is 10.1 Å². The number of thiocarbonyl (C=S) groups is 1. The smallest absolute Gasteiger partial charge is 0.257 e. The summed E-state index contributed by atoms with van der Waals surface area (Å²) in [5, 5.41) is 5.98. The van der Waals surface area contributed by atoms with Crippen LogP contribution in [-0.4, -0.2) is 24.7 Å². The van der Waals surface area contributed by atoms with Gasteiger partial charge in [0.05, 0.1) is 7.11 Å². The highest BCUT2D eigenvalue weighted by molar-refractivity contribution is 7.80. The Morgan fingerprint density at radius 2 is 2.00 bits per heavy atom. The van der Waals surface area contributed by atoms with Gasteiger partial charge in [0.15, 0.2) is 5.11 Å². The Kier molecular flexibility index (Phi) is 6.14. The lowest BCUT2D eigenvalue weighted by Gasteiger charge is -2.09. The standard InChI is InChI=1S/C13H18N2O2S/c1-3-4-9-14-13(18)15-12(16)10-5-7-11(17-2)8-6-10/h5-8H,3-4,9H2,1-2H3,(H2,14,15,16,18). The fourth-order valence-electron chi connectivity index (χ4n) is 1.34. The van der Waals surface area contributed by atoms with Crippen LogP contribution in [-0.2, 0) is 0 Å². The van der Waals surface area contributed by atoms with Gasteiger partial charge in [-0.2, -0.15) is 0 Å². The van der Waals surface area contributed by atoms with Crippen molar-refractivity contribution in [2.24, 2.45) is 0 Å². The quantitative estimate of drug-likeness (QED) is 0.633. The predicted molar refractivity (Wildman–Crippen MR) is 76.0 cm³/mol. The number of amides is 1. The van der Waals surface area contributed by atoms with Crippen LogP contribution < -0.4 is 15.4 Å². The van der Waals surface area contributed by atoms with Gasteiger partial charge in [-0.3, -0.25) is 10.1 Å². The van der Waals surface area contributed by atoms with Gasteiger partial charge >= 0.3 is 0 Å². The van der Waals surface area contributed by atoms with Crippen LogP contribution in [0, 0.1) is 0 Å². The zero-order chi connectivity index (χ0) is 13.4. The molecule has 98 valence electrons. The van der Waals surface area contributed by atoms with E-state index in [9.17, 15) is 4.79 Å². The molecule has 1 aromatic carbocycles. The molecule has 5 heteroatoms. The monoisotopic (exact) mass is 266 g/mol. The molecule has 0 aliphatic carbocycles. The summed E-state index contributed by atoms with van der Waals surface area (Å²) in [6.07, 6.45) is 2.11. The van der Waals surface area contributed by atoms with Crippen LogP contribution in [0.2, 0.25) is 0 Å². The van der Waals surface area contributed by atoms with E-state index in [2.05, 4.69) is 17.6 Å². The van der Waals surface area contributed by atoms with E-state index in [0.29, 0.717) is 10.7 Å². The van der Waals surface area contributed by atoms with Crippen molar-refractivity contribution < 1.29 is 9.53 Å². The number of carbonyl (C=O) groups is 1. The van der Waals surface area contributed by atoms with Gasteiger partial charge in [-0.05, 0) is 42.9 Å². The average molecular weight is 266 g/mol. The molecule has 0 aliphatic rings. The fraction of sp³-hybridized carbons (Fsp3) is 0.385. The second kappa shape index (κ2) is 7.66. The number of carbonyl (C=O) groups excluding carboxylic acids is 1. The topological polar surface area (TPSA) is 50.4 Å². The number of hydrogen-bond donors (Lipinski definition) is 2. The molecule has 0 saturated heterocycles. The minimum atomic E-state index is -0.216. The first-order valence-corrected chi connectivity index (χ1v) is 6.31. The number of nitrogens with one attached hydrogen (secondary N) is 2. The third-order valence-corrected chi connectivity index (χ3v) is 2.64. The first-order chi connectivity index (χ1) is 8.67. The molecule has 0 spiro atoms. The van der Waals surface area contributed by atoms with Crippen LogP contribution in [0.5, 0.6) is 5.75 Å². The zero-order valence-electron chi connectivity index (χ0n) is 10.7. The number of ether oxygens (including phenoxy) is 1. The van der Waals surface area contributed by atoms with Crippen LogP contribution >= 0.6 is 12.2 Å². The van der Waals surface area contributed by atoms with E-state index < -0.39 is 0 Å². The van der Waals surface area contributed by atoms with Crippen molar-refractivity contribution >= 4 is 23.2 Å². The third kappa shape index (κ3) is 4.71. The molecule has 0 heterocycles. The largest absolute Gasteiger partial charge is 0.497 e. The maximum absolute atomic E-state index is 11.8. The van der Waals surface area contributed by atoms with Crippen LogP contribution in [0.1, 0.15) is 30.1 Å². The van der Waals surface area contributed by atoms with E-state index in [1.807, 2.05) is 0 Å². The lowest BCUT2D eigenvalue weighted by Crippen LogP contribution is -2.39. The molecule has 1 aromatic rings. The molecule has 0 saturated carbocycles. The molecule has 0 bridgehead atoms. The Morgan fingerprint density at radius 1 is 1.33 bits per heavy atom. The number of benzene rings is 1. The van der Waals surface area contributed by atoms with E-state index in [4.69, 9.17) is 17.0 Å². The van der Waals surface area contributed by atoms with Crippen molar-refractivity contribution in [1.29, 1.82) is 0 Å². The molecule has 0 unspecified atom stereocenters. The molecule has 0 atom stereocenters. The van der Waals surface area contributed by atoms with Crippen LogP contribution in [0.15, 0.2) is 24.3 Å². The fourth-order valence-corrected chi connectivity index (χ4v) is 1.54. The molecule has 0 radical (unpaired) electrons. The second-order valence-corrected chi connectivity index (χ2v) is 4.20. The Balaban J connectivity index is 2.46. The Hall–Kier alpha value is -1.62. The molecule has 1 rings (SSSR count). The summed E-state index contributed by atoms with van der Waals surface area (Å²) in [4.78, 5) is 11.8. The number of rotatable bonds is 5. The summed E-state index contributed by atoms with van der Waals surface area (Å²) in [7, 11) is 1.59. The maximum atomic E-state index is 11.8. The van der Waals surface area contributed by atoms with E-state index in [-0.39, 0.29) is 5.91 Å². The molecule has 0 fully saturated rings. The Labute approximate surface area is 113 Å². The minimum absolute atomic E-state index is 0.216. The van der Waals surface area contributed by atoms with Crippen molar-refractivity contribution in [3.8, 4) is 5.75 Å². The summed E-state index contributed by atoms with van der Waals surface area (Å²) in [5.74, 6) is 0.502. The lowest BCUT2D eigenvalue weighted by molar-refractivity contribution is 0.0976. The van der Waals surface area contributed by atoms with Gasteiger partial charge in [-0.1, -0.05) is 13.3 Å². The molecule has 4 nitrogen and oxygen atoms in total. The van der Waals surface area contributed by atoms with Crippen LogP contribution in [0.25, 0.3) is 0 Å².